The van der Waals surface area contributed by atoms with Crippen LogP contribution in [0.15, 0.2) is 35.4 Å². The normalized spacial score (nSPS) is 14.1. The van der Waals surface area contributed by atoms with Gasteiger partial charge in [-0.25, -0.2) is 4.79 Å². The fourth-order valence-corrected chi connectivity index (χ4v) is 1.58. The highest BCUT2D eigenvalue weighted by atomic mass is 35.5. The third kappa shape index (κ3) is 3.71. The molecular formula is C12H10ClF3O3. The number of alkyl halides is 3. The molecular weight excluding hydrogens is 285 g/mol. The lowest BCUT2D eigenvalue weighted by Crippen LogP contribution is -2.13. The van der Waals surface area contributed by atoms with Crippen molar-refractivity contribution in [3.63, 3.8) is 0 Å². The van der Waals surface area contributed by atoms with Gasteiger partial charge in [-0.15, -0.1) is 0 Å². The molecule has 104 valence electrons. The Morgan fingerprint density at radius 1 is 1.37 bits per heavy atom. The average molecular weight is 295 g/mol. The first kappa shape index (κ1) is 15.5. The minimum absolute atomic E-state index is 0.102. The maximum Gasteiger partial charge on any atom is 0.416 e. The lowest BCUT2D eigenvalue weighted by atomic mass is 10.0. The monoisotopic (exact) mass is 294 g/mol. The van der Waals surface area contributed by atoms with Gasteiger partial charge in [-0.05, 0) is 17.7 Å². The molecule has 0 saturated carbocycles. The molecule has 7 heteroatoms. The van der Waals surface area contributed by atoms with Gasteiger partial charge in [-0.2, -0.15) is 13.2 Å². The van der Waals surface area contributed by atoms with Crippen LogP contribution in [0.3, 0.4) is 0 Å². The zero-order valence-corrected chi connectivity index (χ0v) is 10.5. The molecule has 0 spiro atoms. The summed E-state index contributed by atoms with van der Waals surface area (Å²) in [7, 11) is 1.10. The molecule has 0 aliphatic carbocycles. The first-order valence-electron chi connectivity index (χ1n) is 5.05. The molecule has 3 nitrogen and oxygen atoms in total. The highest BCUT2D eigenvalue weighted by molar-refractivity contribution is 6.27. The lowest BCUT2D eigenvalue weighted by Gasteiger charge is -2.14. The van der Waals surface area contributed by atoms with E-state index in [1.165, 1.54) is 0 Å². The Labute approximate surface area is 112 Å². The number of aliphatic hydroxyl groups is 1. The highest BCUT2D eigenvalue weighted by Crippen LogP contribution is 2.31. The summed E-state index contributed by atoms with van der Waals surface area (Å²) in [6.45, 7) is 0. The number of rotatable bonds is 3. The van der Waals surface area contributed by atoms with Crippen LogP contribution in [0.1, 0.15) is 17.2 Å². The summed E-state index contributed by atoms with van der Waals surface area (Å²) < 4.78 is 41.5. The molecule has 0 aromatic heterocycles. The van der Waals surface area contributed by atoms with Crippen molar-refractivity contribution in [2.75, 3.05) is 7.11 Å². The van der Waals surface area contributed by atoms with Crippen LogP contribution in [0.25, 0.3) is 0 Å². The van der Waals surface area contributed by atoms with Crippen LogP contribution in [0.5, 0.6) is 0 Å². The number of methoxy groups -OCH3 is 1. The van der Waals surface area contributed by atoms with Crippen molar-refractivity contribution in [1.82, 2.24) is 0 Å². The first-order chi connectivity index (χ1) is 8.81. The van der Waals surface area contributed by atoms with E-state index in [0.717, 1.165) is 36.9 Å². The first-order valence-corrected chi connectivity index (χ1v) is 5.48. The molecule has 0 fully saturated rings. The zero-order chi connectivity index (χ0) is 14.6. The van der Waals surface area contributed by atoms with Gasteiger partial charge in [-0.3, -0.25) is 0 Å². The molecule has 1 unspecified atom stereocenters. The Morgan fingerprint density at radius 3 is 2.26 bits per heavy atom. The van der Waals surface area contributed by atoms with E-state index in [9.17, 15) is 23.1 Å². The number of carbonyl (C=O) groups is 1. The van der Waals surface area contributed by atoms with Crippen LogP contribution in [-0.4, -0.2) is 18.2 Å². The van der Waals surface area contributed by atoms with E-state index in [1.807, 2.05) is 0 Å². The SMILES string of the molecule is COC(=O)/C(=C/Cl)C(O)c1ccc(C(F)(F)F)cc1. The van der Waals surface area contributed by atoms with Crippen LogP contribution in [0, 0.1) is 0 Å². The van der Waals surface area contributed by atoms with E-state index >= 15 is 0 Å². The van der Waals surface area contributed by atoms with Crippen LogP contribution in [0.4, 0.5) is 13.2 Å². The van der Waals surface area contributed by atoms with Crippen LogP contribution in [-0.2, 0) is 15.7 Å². The Kier molecular flexibility index (Phi) is 4.97. The van der Waals surface area contributed by atoms with Gasteiger partial charge in [0.25, 0.3) is 0 Å². The van der Waals surface area contributed by atoms with Gasteiger partial charge in [0, 0.05) is 5.54 Å². The number of carbonyl (C=O) groups excluding carboxylic acids is 1. The predicted molar refractivity (Wildman–Crippen MR) is 62.4 cm³/mol. The maximum absolute atomic E-state index is 12.4. The fraction of sp³-hybridized carbons (Fsp3) is 0.250. The molecule has 0 heterocycles. The van der Waals surface area contributed by atoms with E-state index < -0.39 is 23.8 Å². The third-order valence-corrected chi connectivity index (χ3v) is 2.62. The third-order valence-electron chi connectivity index (χ3n) is 2.39. The number of benzene rings is 1. The molecule has 1 atom stereocenters. The number of hydrogen-bond donors (Lipinski definition) is 1. The number of esters is 1. The van der Waals surface area contributed by atoms with Crippen molar-refractivity contribution in [3.8, 4) is 0 Å². The topological polar surface area (TPSA) is 46.5 Å². The summed E-state index contributed by atoms with van der Waals surface area (Å²) in [6.07, 6.45) is -5.91. The van der Waals surface area contributed by atoms with Crippen molar-refractivity contribution >= 4 is 17.6 Å². The van der Waals surface area contributed by atoms with Gasteiger partial charge < -0.3 is 9.84 Å². The Balaban J connectivity index is 3.01. The van der Waals surface area contributed by atoms with Crippen molar-refractivity contribution in [2.45, 2.75) is 12.3 Å². The minimum atomic E-state index is -4.46. The summed E-state index contributed by atoms with van der Waals surface area (Å²) in [5, 5.41) is 9.84. The van der Waals surface area contributed by atoms with Crippen molar-refractivity contribution in [3.05, 3.63) is 46.5 Å². The van der Waals surface area contributed by atoms with Gasteiger partial charge in [0.15, 0.2) is 0 Å². The molecule has 0 bridgehead atoms. The summed E-state index contributed by atoms with van der Waals surface area (Å²) >= 11 is 5.39. The van der Waals surface area contributed by atoms with E-state index in [2.05, 4.69) is 4.74 Å². The quantitative estimate of drug-likeness (QED) is 0.688. The fourth-order valence-electron chi connectivity index (χ4n) is 1.37. The second-order valence-electron chi connectivity index (χ2n) is 3.58. The summed E-state index contributed by atoms with van der Waals surface area (Å²) in [5.74, 6) is -0.859. The molecule has 0 aliphatic heterocycles. The molecule has 0 saturated heterocycles. The number of aliphatic hydroxyl groups excluding tert-OH is 1. The number of hydrogen-bond acceptors (Lipinski definition) is 3. The second-order valence-corrected chi connectivity index (χ2v) is 3.80. The van der Waals surface area contributed by atoms with Gasteiger partial charge in [-0.1, -0.05) is 23.7 Å². The number of halogens is 4. The Hall–Kier alpha value is -1.53. The van der Waals surface area contributed by atoms with Crippen LogP contribution < -0.4 is 0 Å². The van der Waals surface area contributed by atoms with Crippen molar-refractivity contribution in [1.29, 1.82) is 0 Å². The van der Waals surface area contributed by atoms with E-state index in [0.29, 0.717) is 0 Å². The average Bonchev–Trinajstić information content (AvgIpc) is 2.38. The molecule has 1 aromatic rings. The molecule has 1 rings (SSSR count). The minimum Gasteiger partial charge on any atom is -0.466 e. The van der Waals surface area contributed by atoms with Crippen LogP contribution in [0.2, 0.25) is 0 Å². The van der Waals surface area contributed by atoms with Gasteiger partial charge >= 0.3 is 12.1 Å². The van der Waals surface area contributed by atoms with Crippen molar-refractivity contribution in [2.24, 2.45) is 0 Å². The lowest BCUT2D eigenvalue weighted by molar-refractivity contribution is -0.138. The summed E-state index contributed by atoms with van der Waals surface area (Å²) in [4.78, 5) is 11.3. The maximum atomic E-state index is 12.4. The van der Waals surface area contributed by atoms with Gasteiger partial charge in [0.05, 0.1) is 18.2 Å². The summed E-state index contributed by atoms with van der Waals surface area (Å²) in [6, 6.07) is 3.75. The van der Waals surface area contributed by atoms with Gasteiger partial charge in [0.2, 0.25) is 0 Å². The highest BCUT2D eigenvalue weighted by Gasteiger charge is 2.30. The number of ether oxygens (including phenoxy) is 1. The molecule has 0 aliphatic rings. The largest absolute Gasteiger partial charge is 0.466 e. The van der Waals surface area contributed by atoms with E-state index in [-0.39, 0.29) is 11.1 Å². The summed E-state index contributed by atoms with van der Waals surface area (Å²) in [5.41, 5.74) is -0.180. The molecule has 19 heavy (non-hydrogen) atoms. The van der Waals surface area contributed by atoms with E-state index in [4.69, 9.17) is 11.6 Å². The molecule has 1 aromatic carbocycles. The molecule has 1 N–H and O–H groups in total. The van der Waals surface area contributed by atoms with Gasteiger partial charge in [0.1, 0.15) is 6.10 Å². The zero-order valence-electron chi connectivity index (χ0n) is 9.74. The second kappa shape index (κ2) is 6.08. The Morgan fingerprint density at radius 2 is 1.89 bits per heavy atom. The standard InChI is InChI=1S/C12H10ClF3O3/c1-19-11(18)9(6-13)10(17)7-2-4-8(5-3-7)12(14,15)16/h2-6,10,17H,1H3/b9-6+. The smallest absolute Gasteiger partial charge is 0.416 e. The van der Waals surface area contributed by atoms with Crippen molar-refractivity contribution < 1.29 is 27.8 Å². The molecule has 0 radical (unpaired) electrons. The van der Waals surface area contributed by atoms with E-state index in [1.54, 1.807) is 0 Å². The predicted octanol–water partition coefficient (Wildman–Crippen LogP) is 3.03. The Bertz CT molecular complexity index is 480. The molecule has 0 amide bonds. The van der Waals surface area contributed by atoms with Crippen LogP contribution >= 0.6 is 11.6 Å².